The van der Waals surface area contributed by atoms with Crippen LogP contribution in [0.3, 0.4) is 0 Å². The first-order valence-corrected chi connectivity index (χ1v) is 10.2. The average Bonchev–Trinajstić information content (AvgIpc) is 3.01. The van der Waals surface area contributed by atoms with E-state index in [4.69, 9.17) is 0 Å². The van der Waals surface area contributed by atoms with E-state index >= 15 is 0 Å². The molecule has 1 fully saturated rings. The molecule has 0 unspecified atom stereocenters. The highest BCUT2D eigenvalue weighted by Crippen LogP contribution is 2.66. The Bertz CT molecular complexity index is 1110. The van der Waals surface area contributed by atoms with E-state index < -0.39 is 16.2 Å². The maximum atomic E-state index is 13.6. The van der Waals surface area contributed by atoms with Crippen LogP contribution in [0.1, 0.15) is 28.2 Å². The fourth-order valence-corrected chi connectivity index (χ4v) is 6.71. The summed E-state index contributed by atoms with van der Waals surface area (Å²) in [6, 6.07) is 25.7. The van der Waals surface area contributed by atoms with Gasteiger partial charge in [-0.3, -0.25) is 9.59 Å². The van der Waals surface area contributed by atoms with Gasteiger partial charge in [0, 0.05) is 5.92 Å². The second-order valence-corrected chi connectivity index (χ2v) is 8.97. The van der Waals surface area contributed by atoms with Gasteiger partial charge in [-0.05, 0) is 34.4 Å². The summed E-state index contributed by atoms with van der Waals surface area (Å²) >= 11 is 4.01. The molecule has 0 saturated carbocycles. The molecule has 1 aliphatic heterocycles. The minimum atomic E-state index is -0.685. The lowest BCUT2D eigenvalue weighted by Gasteiger charge is -2.51. The Morgan fingerprint density at radius 3 is 1.86 bits per heavy atom. The number of nitrogens with zero attached hydrogens (tertiary/aromatic N) is 1. The first kappa shape index (κ1) is 16.3. The van der Waals surface area contributed by atoms with E-state index in [9.17, 15) is 9.59 Å². The van der Waals surface area contributed by atoms with Crippen LogP contribution in [-0.4, -0.2) is 11.8 Å². The van der Waals surface area contributed by atoms with E-state index in [1.54, 1.807) is 0 Å². The van der Waals surface area contributed by atoms with Crippen LogP contribution >= 0.6 is 15.9 Å². The highest BCUT2D eigenvalue weighted by atomic mass is 79.9. The number of para-hydroxylation sites is 1. The van der Waals surface area contributed by atoms with Crippen molar-refractivity contribution in [3.05, 3.63) is 101 Å². The molecule has 1 saturated heterocycles. The summed E-state index contributed by atoms with van der Waals surface area (Å²) in [5.41, 5.74) is 5.16. The van der Waals surface area contributed by atoms with Crippen molar-refractivity contribution in [2.75, 3.05) is 4.90 Å². The van der Waals surface area contributed by atoms with Crippen LogP contribution in [-0.2, 0) is 13.9 Å². The Hall–Kier alpha value is -2.72. The Kier molecular flexibility index (Phi) is 3.15. The SMILES string of the molecule is O=C1[C@H]2C3c4ccccc4C(Br)(c4ccccc43)[C@H]2C(=O)N1c1ccccc1. The van der Waals surface area contributed by atoms with Crippen molar-refractivity contribution in [2.24, 2.45) is 11.8 Å². The first-order valence-electron chi connectivity index (χ1n) is 9.44. The monoisotopic (exact) mass is 429 g/mol. The summed E-state index contributed by atoms with van der Waals surface area (Å²) in [4.78, 5) is 28.6. The number of imide groups is 1. The number of hydrogen-bond acceptors (Lipinski definition) is 2. The predicted molar refractivity (Wildman–Crippen MR) is 110 cm³/mol. The standard InChI is InChI=1S/C24H16BrNO2/c25-24-17-12-6-4-10-15(17)19(16-11-5-7-13-18(16)24)20-21(24)23(28)26(22(20)27)14-8-2-1-3-9-14/h1-13,19-21H/t19?,20-,21+,24?/m0/s1. The summed E-state index contributed by atoms with van der Waals surface area (Å²) in [6.07, 6.45) is 0. The topological polar surface area (TPSA) is 37.4 Å². The van der Waals surface area contributed by atoms with Crippen LogP contribution in [0, 0.1) is 11.8 Å². The second-order valence-electron chi connectivity index (χ2n) is 7.71. The molecule has 2 bridgehead atoms. The number of alkyl halides is 1. The molecule has 0 radical (unpaired) electrons. The summed E-state index contributed by atoms with van der Waals surface area (Å²) in [5.74, 6) is -1.15. The van der Waals surface area contributed by atoms with Gasteiger partial charge in [-0.25, -0.2) is 4.90 Å². The van der Waals surface area contributed by atoms with Crippen molar-refractivity contribution in [3.8, 4) is 0 Å². The lowest BCUT2D eigenvalue weighted by atomic mass is 9.55. The molecule has 2 atom stereocenters. The number of carbonyl (C=O) groups excluding carboxylic acids is 2. The molecule has 7 rings (SSSR count). The number of rotatable bonds is 1. The Balaban J connectivity index is 1.64. The van der Waals surface area contributed by atoms with Crippen LogP contribution in [0.2, 0.25) is 0 Å². The quantitative estimate of drug-likeness (QED) is 0.419. The van der Waals surface area contributed by atoms with Gasteiger partial charge in [-0.15, -0.1) is 0 Å². The van der Waals surface area contributed by atoms with Crippen molar-refractivity contribution in [3.63, 3.8) is 0 Å². The van der Waals surface area contributed by atoms with E-state index in [2.05, 4.69) is 40.2 Å². The van der Waals surface area contributed by atoms with Crippen molar-refractivity contribution < 1.29 is 9.59 Å². The minimum absolute atomic E-state index is 0.0954. The van der Waals surface area contributed by atoms with Crippen LogP contribution in [0.5, 0.6) is 0 Å². The molecule has 1 heterocycles. The van der Waals surface area contributed by atoms with E-state index in [0.29, 0.717) is 5.69 Å². The van der Waals surface area contributed by atoms with Crippen molar-refractivity contribution in [1.82, 2.24) is 0 Å². The minimum Gasteiger partial charge on any atom is -0.274 e. The third-order valence-corrected chi connectivity index (χ3v) is 7.88. The normalized spacial score (nSPS) is 29.5. The number of halogens is 1. The molecule has 136 valence electrons. The van der Waals surface area contributed by atoms with Gasteiger partial charge in [0.1, 0.15) is 0 Å². The molecule has 0 spiro atoms. The van der Waals surface area contributed by atoms with E-state index in [-0.39, 0.29) is 17.7 Å². The van der Waals surface area contributed by atoms with Gasteiger partial charge in [0.25, 0.3) is 0 Å². The maximum Gasteiger partial charge on any atom is 0.239 e. The number of anilines is 1. The van der Waals surface area contributed by atoms with Gasteiger partial charge in [0.15, 0.2) is 0 Å². The second kappa shape index (κ2) is 5.42. The van der Waals surface area contributed by atoms with Gasteiger partial charge < -0.3 is 0 Å². The van der Waals surface area contributed by atoms with E-state index in [1.165, 1.54) is 4.90 Å². The maximum absolute atomic E-state index is 13.6. The molecule has 2 amide bonds. The zero-order chi connectivity index (χ0) is 19.0. The molecule has 3 aromatic carbocycles. The Labute approximate surface area is 171 Å². The van der Waals surface area contributed by atoms with Crippen LogP contribution in [0.15, 0.2) is 78.9 Å². The first-order chi connectivity index (χ1) is 13.6. The number of benzene rings is 3. The van der Waals surface area contributed by atoms with Crippen LogP contribution in [0.4, 0.5) is 5.69 Å². The molecule has 3 nitrogen and oxygen atoms in total. The smallest absolute Gasteiger partial charge is 0.239 e. The van der Waals surface area contributed by atoms with E-state index in [1.807, 2.05) is 54.6 Å². The van der Waals surface area contributed by atoms with Crippen molar-refractivity contribution in [2.45, 2.75) is 10.2 Å². The van der Waals surface area contributed by atoms with Crippen molar-refractivity contribution >= 4 is 33.4 Å². The molecular formula is C24H16BrNO2. The van der Waals surface area contributed by atoms with Gasteiger partial charge in [0.05, 0.1) is 21.8 Å². The van der Waals surface area contributed by atoms with Gasteiger partial charge in [0.2, 0.25) is 11.8 Å². The third kappa shape index (κ3) is 1.75. The molecular weight excluding hydrogens is 414 g/mol. The highest BCUT2D eigenvalue weighted by molar-refractivity contribution is 9.09. The zero-order valence-corrected chi connectivity index (χ0v) is 16.5. The lowest BCUT2D eigenvalue weighted by molar-refractivity contribution is -0.122. The van der Waals surface area contributed by atoms with Crippen LogP contribution in [0.25, 0.3) is 0 Å². The lowest BCUT2D eigenvalue weighted by Crippen LogP contribution is -2.50. The largest absolute Gasteiger partial charge is 0.274 e. The Morgan fingerprint density at radius 2 is 1.25 bits per heavy atom. The fraction of sp³-hybridized carbons (Fsp3) is 0.167. The Morgan fingerprint density at radius 1 is 0.714 bits per heavy atom. The van der Waals surface area contributed by atoms with Gasteiger partial charge in [-0.1, -0.05) is 82.7 Å². The molecule has 3 aliphatic carbocycles. The van der Waals surface area contributed by atoms with Gasteiger partial charge >= 0.3 is 0 Å². The third-order valence-electron chi connectivity index (χ3n) is 6.53. The van der Waals surface area contributed by atoms with Crippen LogP contribution < -0.4 is 4.90 Å². The number of carbonyl (C=O) groups is 2. The average molecular weight is 430 g/mol. The van der Waals surface area contributed by atoms with E-state index in [0.717, 1.165) is 22.3 Å². The zero-order valence-electron chi connectivity index (χ0n) is 14.9. The molecule has 4 heteroatoms. The van der Waals surface area contributed by atoms with Crippen molar-refractivity contribution in [1.29, 1.82) is 0 Å². The molecule has 0 N–H and O–H groups in total. The number of amides is 2. The molecule has 0 aromatic heterocycles. The molecule has 28 heavy (non-hydrogen) atoms. The summed E-state index contributed by atoms with van der Waals surface area (Å²) in [6.45, 7) is 0. The molecule has 4 aliphatic rings. The molecule has 3 aromatic rings. The summed E-state index contributed by atoms with van der Waals surface area (Å²) in [7, 11) is 0. The highest BCUT2D eigenvalue weighted by Gasteiger charge is 2.67. The summed E-state index contributed by atoms with van der Waals surface area (Å²) < 4.78 is -0.685. The predicted octanol–water partition coefficient (Wildman–Crippen LogP) is 4.59. The number of hydrogen-bond donors (Lipinski definition) is 0. The fourth-order valence-electron chi connectivity index (χ4n) is 5.51. The summed E-state index contributed by atoms with van der Waals surface area (Å²) in [5, 5.41) is 0. The van der Waals surface area contributed by atoms with Gasteiger partial charge in [-0.2, -0.15) is 0 Å².